The third kappa shape index (κ3) is 7.53. The lowest BCUT2D eigenvalue weighted by atomic mass is 10.1. The summed E-state index contributed by atoms with van der Waals surface area (Å²) in [5.74, 6) is 0.176. The fraction of sp³-hybridized carbons (Fsp3) is 0.933. The third-order valence-corrected chi connectivity index (χ3v) is 3.72. The van der Waals surface area contributed by atoms with Gasteiger partial charge in [0.25, 0.3) is 0 Å². The van der Waals surface area contributed by atoms with E-state index in [0.29, 0.717) is 12.5 Å². The first-order chi connectivity index (χ1) is 9.26. The summed E-state index contributed by atoms with van der Waals surface area (Å²) in [5.41, 5.74) is 0. The van der Waals surface area contributed by atoms with E-state index in [0.717, 1.165) is 19.5 Å². The second-order valence-corrected chi connectivity index (χ2v) is 5.52. The molecule has 0 aromatic carbocycles. The molecular formula is C15H31N3O. The Morgan fingerprint density at radius 1 is 1.16 bits per heavy atom. The van der Waals surface area contributed by atoms with E-state index in [4.69, 9.17) is 0 Å². The van der Waals surface area contributed by atoms with E-state index in [1.165, 1.54) is 45.3 Å². The van der Waals surface area contributed by atoms with Crippen molar-refractivity contribution in [3.05, 3.63) is 0 Å². The topological polar surface area (TPSA) is 44.4 Å². The lowest BCUT2D eigenvalue weighted by Gasteiger charge is -2.19. The Morgan fingerprint density at radius 2 is 2.00 bits per heavy atom. The molecule has 0 spiro atoms. The molecule has 1 rings (SSSR count). The van der Waals surface area contributed by atoms with Gasteiger partial charge in [-0.15, -0.1) is 0 Å². The van der Waals surface area contributed by atoms with Crippen LogP contribution >= 0.6 is 0 Å². The smallest absolute Gasteiger partial charge is 0.221 e. The first-order valence-electron chi connectivity index (χ1n) is 7.98. The van der Waals surface area contributed by atoms with Gasteiger partial charge in [-0.1, -0.05) is 13.8 Å². The zero-order valence-corrected chi connectivity index (χ0v) is 12.7. The average Bonchev–Trinajstić information content (AvgIpc) is 2.63. The Kier molecular flexibility index (Phi) is 8.84. The van der Waals surface area contributed by atoms with Crippen molar-refractivity contribution in [1.82, 2.24) is 15.5 Å². The van der Waals surface area contributed by atoms with Crippen LogP contribution in [0.15, 0.2) is 0 Å². The lowest BCUT2D eigenvalue weighted by Crippen LogP contribution is -2.34. The highest BCUT2D eigenvalue weighted by Gasteiger charge is 2.15. The average molecular weight is 269 g/mol. The molecule has 19 heavy (non-hydrogen) atoms. The normalized spacial score (nSPS) is 21.1. The van der Waals surface area contributed by atoms with E-state index in [1.807, 2.05) is 0 Å². The van der Waals surface area contributed by atoms with Crippen molar-refractivity contribution in [2.45, 2.75) is 58.4 Å². The molecule has 0 aromatic rings. The number of carbonyl (C=O) groups is 1. The van der Waals surface area contributed by atoms with Gasteiger partial charge in [0.15, 0.2) is 0 Å². The molecule has 0 radical (unpaired) electrons. The maximum absolute atomic E-state index is 11.5. The van der Waals surface area contributed by atoms with Crippen molar-refractivity contribution in [3.63, 3.8) is 0 Å². The Hall–Kier alpha value is -0.610. The number of nitrogens with zero attached hydrogens (tertiary/aromatic N) is 1. The van der Waals surface area contributed by atoms with Crippen molar-refractivity contribution in [2.24, 2.45) is 0 Å². The van der Waals surface area contributed by atoms with Crippen LogP contribution in [0, 0.1) is 0 Å². The molecule has 1 atom stereocenters. The van der Waals surface area contributed by atoms with Gasteiger partial charge < -0.3 is 15.5 Å². The Bertz CT molecular complexity index is 246. The quantitative estimate of drug-likeness (QED) is 0.706. The molecule has 1 heterocycles. The maximum atomic E-state index is 11.5. The number of hydrogen-bond acceptors (Lipinski definition) is 3. The number of amides is 1. The summed E-state index contributed by atoms with van der Waals surface area (Å²) >= 11 is 0. The van der Waals surface area contributed by atoms with Gasteiger partial charge in [0.05, 0.1) is 0 Å². The standard InChI is InChI=1S/C15H31N3O/c1-3-9-17-15(19)7-10-16-14-6-5-12-18(11-4-2)13-8-14/h14,16H,3-13H2,1-2H3,(H,17,19). The molecule has 1 amide bonds. The summed E-state index contributed by atoms with van der Waals surface area (Å²) < 4.78 is 0. The van der Waals surface area contributed by atoms with Crippen LogP contribution in [0.1, 0.15) is 52.4 Å². The van der Waals surface area contributed by atoms with Gasteiger partial charge in [0.1, 0.15) is 0 Å². The van der Waals surface area contributed by atoms with Crippen LogP contribution < -0.4 is 10.6 Å². The molecule has 0 aromatic heterocycles. The molecule has 112 valence electrons. The predicted molar refractivity (Wildman–Crippen MR) is 80.3 cm³/mol. The minimum atomic E-state index is 0.176. The predicted octanol–water partition coefficient (Wildman–Crippen LogP) is 1.76. The zero-order valence-electron chi connectivity index (χ0n) is 12.7. The highest BCUT2D eigenvalue weighted by atomic mass is 16.1. The SMILES string of the molecule is CCCNC(=O)CCNC1CCCN(CCC)CC1. The molecule has 1 fully saturated rings. The molecule has 2 N–H and O–H groups in total. The number of hydrogen-bond donors (Lipinski definition) is 2. The largest absolute Gasteiger partial charge is 0.356 e. The zero-order chi connectivity index (χ0) is 13.9. The van der Waals surface area contributed by atoms with Crippen molar-refractivity contribution in [1.29, 1.82) is 0 Å². The van der Waals surface area contributed by atoms with Crippen LogP contribution in [-0.4, -0.2) is 49.6 Å². The Labute approximate surface area is 118 Å². The number of rotatable bonds is 8. The molecule has 4 nitrogen and oxygen atoms in total. The van der Waals surface area contributed by atoms with E-state index in [2.05, 4.69) is 29.4 Å². The summed E-state index contributed by atoms with van der Waals surface area (Å²) in [6, 6.07) is 0.598. The number of likely N-dealkylation sites (tertiary alicyclic amines) is 1. The molecule has 1 aliphatic rings. The fourth-order valence-electron chi connectivity index (χ4n) is 2.64. The summed E-state index contributed by atoms with van der Waals surface area (Å²) in [6.07, 6.45) is 6.60. The van der Waals surface area contributed by atoms with Crippen molar-refractivity contribution < 1.29 is 4.79 Å². The van der Waals surface area contributed by atoms with Gasteiger partial charge in [-0.2, -0.15) is 0 Å². The van der Waals surface area contributed by atoms with Gasteiger partial charge in [-0.25, -0.2) is 0 Å². The second kappa shape index (κ2) is 10.2. The molecule has 1 unspecified atom stereocenters. The van der Waals surface area contributed by atoms with Crippen molar-refractivity contribution >= 4 is 5.91 Å². The van der Waals surface area contributed by atoms with Gasteiger partial charge in [0, 0.05) is 25.6 Å². The second-order valence-electron chi connectivity index (χ2n) is 5.52. The van der Waals surface area contributed by atoms with E-state index >= 15 is 0 Å². The Morgan fingerprint density at radius 3 is 2.74 bits per heavy atom. The molecule has 0 bridgehead atoms. The summed E-state index contributed by atoms with van der Waals surface area (Å²) in [4.78, 5) is 14.1. The molecule has 4 heteroatoms. The van der Waals surface area contributed by atoms with Gasteiger partial charge in [-0.3, -0.25) is 4.79 Å². The monoisotopic (exact) mass is 269 g/mol. The van der Waals surface area contributed by atoms with Crippen LogP contribution in [0.25, 0.3) is 0 Å². The van der Waals surface area contributed by atoms with Crippen LogP contribution in [0.5, 0.6) is 0 Å². The number of carbonyl (C=O) groups excluding carboxylic acids is 1. The number of nitrogens with one attached hydrogen (secondary N) is 2. The van der Waals surface area contributed by atoms with Gasteiger partial charge in [0.2, 0.25) is 5.91 Å². The molecule has 1 aliphatic heterocycles. The molecule has 0 aliphatic carbocycles. The lowest BCUT2D eigenvalue weighted by molar-refractivity contribution is -0.121. The van der Waals surface area contributed by atoms with E-state index in [9.17, 15) is 4.79 Å². The van der Waals surface area contributed by atoms with Crippen LogP contribution in [-0.2, 0) is 4.79 Å². The summed E-state index contributed by atoms with van der Waals surface area (Å²) in [5, 5.41) is 6.46. The molecule has 1 saturated heterocycles. The fourth-order valence-corrected chi connectivity index (χ4v) is 2.64. The molecule has 0 saturated carbocycles. The summed E-state index contributed by atoms with van der Waals surface area (Å²) in [7, 11) is 0. The van der Waals surface area contributed by atoms with Crippen molar-refractivity contribution in [3.8, 4) is 0 Å². The van der Waals surface area contributed by atoms with Crippen LogP contribution in [0.2, 0.25) is 0 Å². The maximum Gasteiger partial charge on any atom is 0.221 e. The molecular weight excluding hydrogens is 238 g/mol. The van der Waals surface area contributed by atoms with E-state index in [1.54, 1.807) is 0 Å². The highest BCUT2D eigenvalue weighted by molar-refractivity contribution is 5.75. The Balaban J connectivity index is 2.11. The minimum Gasteiger partial charge on any atom is -0.356 e. The van der Waals surface area contributed by atoms with Crippen molar-refractivity contribution in [2.75, 3.05) is 32.7 Å². The highest BCUT2D eigenvalue weighted by Crippen LogP contribution is 2.11. The summed E-state index contributed by atoms with van der Waals surface area (Å²) in [6.45, 7) is 9.60. The van der Waals surface area contributed by atoms with Crippen LogP contribution in [0.3, 0.4) is 0 Å². The first-order valence-corrected chi connectivity index (χ1v) is 7.98. The van der Waals surface area contributed by atoms with Gasteiger partial charge in [-0.05, 0) is 51.7 Å². The third-order valence-electron chi connectivity index (χ3n) is 3.72. The van der Waals surface area contributed by atoms with E-state index in [-0.39, 0.29) is 5.91 Å². The minimum absolute atomic E-state index is 0.176. The van der Waals surface area contributed by atoms with Crippen LogP contribution in [0.4, 0.5) is 0 Å². The van der Waals surface area contributed by atoms with E-state index < -0.39 is 0 Å². The first kappa shape index (κ1) is 16.4. The van der Waals surface area contributed by atoms with Gasteiger partial charge >= 0.3 is 0 Å².